The molecule has 1 N–H and O–H groups in total. The lowest BCUT2D eigenvalue weighted by atomic mass is 10.4. The van der Waals surface area contributed by atoms with Crippen LogP contribution in [0.15, 0.2) is 46.1 Å². The number of furan rings is 1. The molecule has 0 spiro atoms. The average molecular weight is 219 g/mol. The van der Waals surface area contributed by atoms with Crippen LogP contribution in [0.3, 0.4) is 0 Å². The lowest BCUT2D eigenvalue weighted by Crippen LogP contribution is -2.27. The predicted molar refractivity (Wildman–Crippen MR) is 58.9 cm³/mol. The first kappa shape index (κ1) is 10.6. The summed E-state index contributed by atoms with van der Waals surface area (Å²) in [5.41, 5.74) is -0.220. The standard InChI is InChI=1S/C11H13N3O2/c15-11-13-4-2-6-14(11)7-5-12-9-10-3-1-8-16-10/h1-4,6,8,12H,5,7,9H2. The van der Waals surface area contributed by atoms with Crippen LogP contribution in [0.1, 0.15) is 5.76 Å². The van der Waals surface area contributed by atoms with E-state index in [-0.39, 0.29) is 5.69 Å². The van der Waals surface area contributed by atoms with Gasteiger partial charge in [-0.25, -0.2) is 9.78 Å². The third kappa shape index (κ3) is 2.80. The minimum atomic E-state index is -0.220. The van der Waals surface area contributed by atoms with E-state index >= 15 is 0 Å². The summed E-state index contributed by atoms with van der Waals surface area (Å²) in [6.45, 7) is 1.97. The second-order valence-corrected chi connectivity index (χ2v) is 3.35. The molecule has 2 aromatic rings. The van der Waals surface area contributed by atoms with Crippen molar-refractivity contribution in [3.05, 3.63) is 53.1 Å². The van der Waals surface area contributed by atoms with E-state index in [1.165, 1.54) is 6.20 Å². The quantitative estimate of drug-likeness (QED) is 0.749. The smallest absolute Gasteiger partial charge is 0.347 e. The lowest BCUT2D eigenvalue weighted by Gasteiger charge is -2.04. The van der Waals surface area contributed by atoms with Crippen LogP contribution in [0.2, 0.25) is 0 Å². The van der Waals surface area contributed by atoms with E-state index in [2.05, 4.69) is 10.3 Å². The number of rotatable bonds is 5. The van der Waals surface area contributed by atoms with E-state index in [1.54, 1.807) is 23.1 Å². The summed E-state index contributed by atoms with van der Waals surface area (Å²) >= 11 is 0. The zero-order valence-electron chi connectivity index (χ0n) is 8.80. The lowest BCUT2D eigenvalue weighted by molar-refractivity contribution is 0.473. The maximum atomic E-state index is 11.2. The van der Waals surface area contributed by atoms with Crippen molar-refractivity contribution >= 4 is 0 Å². The first-order chi connectivity index (χ1) is 7.86. The van der Waals surface area contributed by atoms with Crippen LogP contribution in [0.4, 0.5) is 0 Å². The van der Waals surface area contributed by atoms with Gasteiger partial charge in [-0.05, 0) is 18.2 Å². The highest BCUT2D eigenvalue weighted by Gasteiger charge is 1.96. The van der Waals surface area contributed by atoms with Crippen molar-refractivity contribution in [1.29, 1.82) is 0 Å². The Hall–Kier alpha value is -1.88. The molecule has 0 amide bonds. The van der Waals surface area contributed by atoms with E-state index in [0.29, 0.717) is 19.6 Å². The molecule has 0 aliphatic carbocycles. The third-order valence-electron chi connectivity index (χ3n) is 2.19. The van der Waals surface area contributed by atoms with Gasteiger partial charge in [-0.2, -0.15) is 0 Å². The highest BCUT2D eigenvalue weighted by atomic mass is 16.3. The second kappa shape index (κ2) is 5.27. The van der Waals surface area contributed by atoms with Gasteiger partial charge in [0.15, 0.2) is 0 Å². The van der Waals surface area contributed by atoms with Crippen molar-refractivity contribution in [2.45, 2.75) is 13.1 Å². The summed E-state index contributed by atoms with van der Waals surface area (Å²) in [4.78, 5) is 14.9. The Morgan fingerprint density at radius 2 is 2.38 bits per heavy atom. The Kier molecular flexibility index (Phi) is 3.50. The summed E-state index contributed by atoms with van der Waals surface area (Å²) in [6, 6.07) is 5.50. The minimum absolute atomic E-state index is 0.220. The molecule has 84 valence electrons. The molecule has 0 radical (unpaired) electrons. The molecule has 5 heteroatoms. The summed E-state index contributed by atoms with van der Waals surface area (Å²) in [5, 5.41) is 3.18. The molecule has 2 heterocycles. The van der Waals surface area contributed by atoms with E-state index in [1.807, 2.05) is 12.1 Å². The van der Waals surface area contributed by atoms with E-state index in [9.17, 15) is 4.79 Å². The van der Waals surface area contributed by atoms with Gasteiger partial charge in [-0.1, -0.05) is 0 Å². The summed E-state index contributed by atoms with van der Waals surface area (Å²) in [6.07, 6.45) is 4.86. The monoisotopic (exact) mass is 219 g/mol. The molecule has 0 bridgehead atoms. The van der Waals surface area contributed by atoms with Crippen LogP contribution in [0, 0.1) is 0 Å². The largest absolute Gasteiger partial charge is 0.468 e. The molecule has 0 fully saturated rings. The van der Waals surface area contributed by atoms with E-state index in [4.69, 9.17) is 4.42 Å². The molecule has 0 saturated heterocycles. The van der Waals surface area contributed by atoms with Crippen molar-refractivity contribution < 1.29 is 4.42 Å². The maximum Gasteiger partial charge on any atom is 0.347 e. The van der Waals surface area contributed by atoms with Gasteiger partial charge in [0, 0.05) is 25.5 Å². The zero-order chi connectivity index (χ0) is 11.2. The van der Waals surface area contributed by atoms with Gasteiger partial charge in [0.25, 0.3) is 0 Å². The van der Waals surface area contributed by atoms with Crippen LogP contribution in [-0.4, -0.2) is 16.1 Å². The molecule has 5 nitrogen and oxygen atoms in total. The van der Waals surface area contributed by atoms with Crippen LogP contribution < -0.4 is 11.0 Å². The first-order valence-electron chi connectivity index (χ1n) is 5.11. The molecule has 0 aliphatic heterocycles. The normalized spacial score (nSPS) is 10.5. The molecule has 0 saturated carbocycles. The average Bonchev–Trinajstić information content (AvgIpc) is 2.79. The van der Waals surface area contributed by atoms with Crippen molar-refractivity contribution in [1.82, 2.24) is 14.9 Å². The Bertz CT molecular complexity index is 476. The van der Waals surface area contributed by atoms with Gasteiger partial charge >= 0.3 is 5.69 Å². The fourth-order valence-electron chi connectivity index (χ4n) is 1.38. The summed E-state index contributed by atoms with van der Waals surface area (Å²) in [7, 11) is 0. The number of hydrogen-bond donors (Lipinski definition) is 1. The van der Waals surface area contributed by atoms with Crippen molar-refractivity contribution in [3.8, 4) is 0 Å². The number of nitrogens with zero attached hydrogens (tertiary/aromatic N) is 2. The van der Waals surface area contributed by atoms with Crippen LogP contribution >= 0.6 is 0 Å². The first-order valence-corrected chi connectivity index (χ1v) is 5.11. The van der Waals surface area contributed by atoms with Crippen LogP contribution in [0.5, 0.6) is 0 Å². The van der Waals surface area contributed by atoms with Crippen LogP contribution in [0.25, 0.3) is 0 Å². The molecule has 0 aromatic carbocycles. The van der Waals surface area contributed by atoms with Gasteiger partial charge in [0.1, 0.15) is 5.76 Å². The number of hydrogen-bond acceptors (Lipinski definition) is 4. The topological polar surface area (TPSA) is 60.1 Å². The van der Waals surface area contributed by atoms with Gasteiger partial charge in [0.2, 0.25) is 0 Å². The number of aromatic nitrogens is 2. The van der Waals surface area contributed by atoms with Gasteiger partial charge < -0.3 is 9.73 Å². The fourth-order valence-corrected chi connectivity index (χ4v) is 1.38. The highest BCUT2D eigenvalue weighted by molar-refractivity contribution is 4.97. The highest BCUT2D eigenvalue weighted by Crippen LogP contribution is 1.97. The Balaban J connectivity index is 1.76. The molecule has 2 aromatic heterocycles. The molecular weight excluding hydrogens is 206 g/mol. The van der Waals surface area contributed by atoms with Crippen molar-refractivity contribution in [3.63, 3.8) is 0 Å². The van der Waals surface area contributed by atoms with E-state index < -0.39 is 0 Å². The summed E-state index contributed by atoms with van der Waals surface area (Å²) in [5.74, 6) is 0.888. The molecule has 0 aliphatic rings. The van der Waals surface area contributed by atoms with Gasteiger partial charge in [-0.3, -0.25) is 4.57 Å². The summed E-state index contributed by atoms with van der Waals surface area (Å²) < 4.78 is 6.73. The molecule has 0 atom stereocenters. The molecule has 16 heavy (non-hydrogen) atoms. The Labute approximate surface area is 92.7 Å². The van der Waals surface area contributed by atoms with Crippen molar-refractivity contribution in [2.24, 2.45) is 0 Å². The molecular formula is C11H13N3O2. The second-order valence-electron chi connectivity index (χ2n) is 3.35. The molecule has 2 rings (SSSR count). The van der Waals surface area contributed by atoms with Crippen LogP contribution in [-0.2, 0) is 13.1 Å². The minimum Gasteiger partial charge on any atom is -0.468 e. The zero-order valence-corrected chi connectivity index (χ0v) is 8.80. The maximum absolute atomic E-state index is 11.2. The third-order valence-corrected chi connectivity index (χ3v) is 2.19. The SMILES string of the molecule is O=c1ncccn1CCNCc1ccco1. The van der Waals surface area contributed by atoms with Gasteiger partial charge in [-0.15, -0.1) is 0 Å². The number of nitrogens with one attached hydrogen (secondary N) is 1. The fraction of sp³-hybridized carbons (Fsp3) is 0.273. The van der Waals surface area contributed by atoms with Crippen molar-refractivity contribution in [2.75, 3.05) is 6.54 Å². The van der Waals surface area contributed by atoms with E-state index in [0.717, 1.165) is 5.76 Å². The van der Waals surface area contributed by atoms with Gasteiger partial charge in [0.05, 0.1) is 12.8 Å². The molecule has 0 unspecified atom stereocenters. The predicted octanol–water partition coefficient (Wildman–Crippen LogP) is 0.626. The Morgan fingerprint density at radius 1 is 1.44 bits per heavy atom. The Morgan fingerprint density at radius 3 is 3.12 bits per heavy atom.